The Hall–Kier alpha value is -1.13. The monoisotopic (exact) mass is 289 g/mol. The molecule has 2 aromatic rings. The molecule has 0 spiro atoms. The molecule has 108 valence electrons. The molecule has 4 heteroatoms. The molecule has 1 atom stereocenters. The van der Waals surface area contributed by atoms with Crippen molar-refractivity contribution in [1.29, 1.82) is 0 Å². The van der Waals surface area contributed by atoms with Crippen LogP contribution < -0.4 is 5.32 Å². The molecule has 0 amide bonds. The molecule has 1 fully saturated rings. The highest BCUT2D eigenvalue weighted by Gasteiger charge is 2.19. The maximum Gasteiger partial charge on any atom is 0.0644 e. The van der Waals surface area contributed by atoms with E-state index in [-0.39, 0.29) is 0 Å². The Morgan fingerprint density at radius 1 is 1.35 bits per heavy atom. The van der Waals surface area contributed by atoms with Crippen LogP contribution in [0, 0.1) is 6.92 Å². The lowest BCUT2D eigenvalue weighted by Gasteiger charge is -2.13. The first-order valence-corrected chi connectivity index (χ1v) is 8.35. The van der Waals surface area contributed by atoms with Gasteiger partial charge in [0.1, 0.15) is 0 Å². The summed E-state index contributed by atoms with van der Waals surface area (Å²) in [6.45, 7) is 2.16. The third kappa shape index (κ3) is 2.96. The van der Waals surface area contributed by atoms with Crippen molar-refractivity contribution < 1.29 is 0 Å². The molecule has 1 N–H and O–H groups in total. The topological polar surface area (TPSA) is 29.9 Å². The zero-order valence-corrected chi connectivity index (χ0v) is 13.1. The van der Waals surface area contributed by atoms with Crippen molar-refractivity contribution in [1.82, 2.24) is 15.1 Å². The minimum absolute atomic E-state index is 0.376. The number of likely N-dealkylation sites (N-methyl/N-ethyl adjacent to an activating group) is 1. The Morgan fingerprint density at radius 2 is 2.15 bits per heavy atom. The van der Waals surface area contributed by atoms with Gasteiger partial charge in [-0.1, -0.05) is 12.8 Å². The van der Waals surface area contributed by atoms with Crippen molar-refractivity contribution in [2.24, 2.45) is 0 Å². The third-order valence-corrected chi connectivity index (χ3v) is 5.34. The van der Waals surface area contributed by atoms with E-state index in [0.29, 0.717) is 12.1 Å². The van der Waals surface area contributed by atoms with Crippen molar-refractivity contribution in [2.75, 3.05) is 7.05 Å². The molecule has 0 aliphatic heterocycles. The van der Waals surface area contributed by atoms with Gasteiger partial charge < -0.3 is 5.32 Å². The standard InChI is InChI=1S/C16H23N3S/c1-12-7-8-16(20-12)15(17-2)11-13-9-10-19(18-13)14-5-3-4-6-14/h7-10,14-15,17H,3-6,11H2,1-2H3. The molecular formula is C16H23N3S. The highest BCUT2D eigenvalue weighted by Crippen LogP contribution is 2.29. The number of aryl methyl sites for hydroxylation is 1. The van der Waals surface area contributed by atoms with Crippen LogP contribution in [0.4, 0.5) is 0 Å². The summed E-state index contributed by atoms with van der Waals surface area (Å²) in [5, 5.41) is 8.21. The second-order valence-corrected chi connectivity index (χ2v) is 7.04. The minimum atomic E-state index is 0.376. The molecule has 1 aliphatic carbocycles. The van der Waals surface area contributed by atoms with Crippen LogP contribution in [0.15, 0.2) is 24.4 Å². The Labute approximate surface area is 125 Å². The van der Waals surface area contributed by atoms with Crippen molar-refractivity contribution in [2.45, 2.75) is 51.1 Å². The van der Waals surface area contributed by atoms with Gasteiger partial charge in [-0.25, -0.2) is 0 Å². The van der Waals surface area contributed by atoms with E-state index < -0.39 is 0 Å². The SMILES string of the molecule is CNC(Cc1ccn(C2CCCC2)n1)c1ccc(C)s1. The fourth-order valence-corrected chi connectivity index (χ4v) is 4.04. The van der Waals surface area contributed by atoms with E-state index in [1.165, 1.54) is 41.1 Å². The van der Waals surface area contributed by atoms with Gasteiger partial charge in [0.25, 0.3) is 0 Å². The third-order valence-electron chi connectivity index (χ3n) is 4.23. The largest absolute Gasteiger partial charge is 0.312 e. The number of thiophene rings is 1. The molecule has 1 unspecified atom stereocenters. The van der Waals surface area contributed by atoms with Crippen molar-refractivity contribution >= 4 is 11.3 Å². The molecule has 2 heterocycles. The number of aromatic nitrogens is 2. The van der Waals surface area contributed by atoms with Gasteiger partial charge in [-0.2, -0.15) is 5.10 Å². The summed E-state index contributed by atoms with van der Waals surface area (Å²) in [5.41, 5.74) is 1.20. The predicted octanol–water partition coefficient (Wildman–Crippen LogP) is 3.87. The highest BCUT2D eigenvalue weighted by atomic mass is 32.1. The Bertz CT molecular complexity index is 552. The second kappa shape index (κ2) is 6.10. The molecule has 0 bridgehead atoms. The number of nitrogens with one attached hydrogen (secondary N) is 1. The summed E-state index contributed by atoms with van der Waals surface area (Å²) in [5.74, 6) is 0. The fourth-order valence-electron chi connectivity index (χ4n) is 3.05. The van der Waals surface area contributed by atoms with Crippen molar-refractivity contribution in [3.63, 3.8) is 0 Å². The van der Waals surface area contributed by atoms with E-state index in [1.54, 1.807) is 0 Å². The molecule has 3 rings (SSSR count). The van der Waals surface area contributed by atoms with E-state index in [9.17, 15) is 0 Å². The smallest absolute Gasteiger partial charge is 0.0644 e. The first-order valence-electron chi connectivity index (χ1n) is 7.54. The summed E-state index contributed by atoms with van der Waals surface area (Å²) >= 11 is 1.87. The van der Waals surface area contributed by atoms with Crippen LogP contribution in [0.2, 0.25) is 0 Å². The second-order valence-electron chi connectivity index (χ2n) is 5.72. The van der Waals surface area contributed by atoms with Crippen molar-refractivity contribution in [3.05, 3.63) is 39.8 Å². The molecule has 0 aromatic carbocycles. The van der Waals surface area contributed by atoms with Gasteiger partial charge in [0.2, 0.25) is 0 Å². The zero-order chi connectivity index (χ0) is 13.9. The molecule has 0 radical (unpaired) electrons. The van der Waals surface area contributed by atoms with Gasteiger partial charge in [0, 0.05) is 28.4 Å². The van der Waals surface area contributed by atoms with Gasteiger partial charge in [-0.3, -0.25) is 4.68 Å². The molecule has 1 saturated carbocycles. The number of nitrogens with zero attached hydrogens (tertiary/aromatic N) is 2. The first-order chi connectivity index (χ1) is 9.76. The molecule has 3 nitrogen and oxygen atoms in total. The zero-order valence-electron chi connectivity index (χ0n) is 12.3. The van der Waals surface area contributed by atoms with E-state index in [4.69, 9.17) is 5.10 Å². The average molecular weight is 289 g/mol. The number of rotatable bonds is 5. The lowest BCUT2D eigenvalue weighted by molar-refractivity contribution is 0.459. The van der Waals surface area contributed by atoms with E-state index in [0.717, 1.165) is 6.42 Å². The van der Waals surface area contributed by atoms with E-state index >= 15 is 0 Å². The van der Waals surface area contributed by atoms with Gasteiger partial charge >= 0.3 is 0 Å². The van der Waals surface area contributed by atoms with Crippen LogP contribution in [-0.2, 0) is 6.42 Å². The van der Waals surface area contributed by atoms with E-state index in [2.05, 4.69) is 41.3 Å². The maximum atomic E-state index is 4.79. The summed E-state index contributed by atoms with van der Waals surface area (Å²) < 4.78 is 2.19. The van der Waals surface area contributed by atoms with Gasteiger partial charge in [0.05, 0.1) is 11.7 Å². The molecule has 2 aromatic heterocycles. The lowest BCUT2D eigenvalue weighted by Crippen LogP contribution is -2.18. The van der Waals surface area contributed by atoms with Crippen LogP contribution in [0.5, 0.6) is 0 Å². The van der Waals surface area contributed by atoms with E-state index in [1.807, 2.05) is 18.4 Å². The van der Waals surface area contributed by atoms with Gasteiger partial charge in [-0.15, -0.1) is 11.3 Å². The first kappa shape index (κ1) is 13.8. The summed E-state index contributed by atoms with van der Waals surface area (Å²) in [6.07, 6.45) is 8.43. The summed E-state index contributed by atoms with van der Waals surface area (Å²) in [4.78, 5) is 2.78. The molecule has 0 saturated heterocycles. The molecule has 20 heavy (non-hydrogen) atoms. The molecular weight excluding hydrogens is 266 g/mol. The van der Waals surface area contributed by atoms with Gasteiger partial charge in [0.15, 0.2) is 0 Å². The Morgan fingerprint density at radius 3 is 2.80 bits per heavy atom. The number of hydrogen-bond donors (Lipinski definition) is 1. The lowest BCUT2D eigenvalue weighted by atomic mass is 10.1. The average Bonchev–Trinajstić information content (AvgIpc) is 3.16. The van der Waals surface area contributed by atoms with Crippen LogP contribution in [0.1, 0.15) is 53.2 Å². The summed E-state index contributed by atoms with van der Waals surface area (Å²) in [6, 6.07) is 7.63. The van der Waals surface area contributed by atoms with Crippen LogP contribution in [0.25, 0.3) is 0 Å². The van der Waals surface area contributed by atoms with Crippen LogP contribution >= 0.6 is 11.3 Å². The normalized spacial score (nSPS) is 17.7. The molecule has 1 aliphatic rings. The predicted molar refractivity (Wildman–Crippen MR) is 84.3 cm³/mol. The Kier molecular flexibility index (Phi) is 4.22. The number of hydrogen-bond acceptors (Lipinski definition) is 3. The Balaban J connectivity index is 1.69. The maximum absolute atomic E-state index is 4.79. The quantitative estimate of drug-likeness (QED) is 0.905. The van der Waals surface area contributed by atoms with Gasteiger partial charge in [-0.05, 0) is 45.0 Å². The summed E-state index contributed by atoms with van der Waals surface area (Å²) in [7, 11) is 2.04. The fraction of sp³-hybridized carbons (Fsp3) is 0.562. The minimum Gasteiger partial charge on any atom is -0.312 e. The van der Waals surface area contributed by atoms with Crippen LogP contribution in [-0.4, -0.2) is 16.8 Å². The van der Waals surface area contributed by atoms with Crippen molar-refractivity contribution in [3.8, 4) is 0 Å². The highest BCUT2D eigenvalue weighted by molar-refractivity contribution is 7.12. The van der Waals surface area contributed by atoms with Crippen LogP contribution in [0.3, 0.4) is 0 Å².